The molecule has 1 heterocycles. The van der Waals surface area contributed by atoms with Crippen molar-refractivity contribution in [2.24, 2.45) is 10.9 Å². The van der Waals surface area contributed by atoms with Crippen LogP contribution in [0, 0.1) is 0 Å². The van der Waals surface area contributed by atoms with Crippen LogP contribution in [-0.2, 0) is 6.54 Å². The molecule has 1 saturated heterocycles. The highest BCUT2D eigenvalue weighted by molar-refractivity contribution is 5.98. The predicted octanol–water partition coefficient (Wildman–Crippen LogP) is 2.16. The number of rotatable bonds is 3. The molecule has 2 rings (SSSR count). The Bertz CT molecular complexity index is 431. The summed E-state index contributed by atoms with van der Waals surface area (Å²) in [5.74, 6) is 0.190. The smallest absolute Gasteiger partial charge is 0.170 e. The summed E-state index contributed by atoms with van der Waals surface area (Å²) in [4.78, 5) is 2.47. The second-order valence-corrected chi connectivity index (χ2v) is 4.96. The van der Waals surface area contributed by atoms with Gasteiger partial charge in [-0.15, -0.1) is 0 Å². The summed E-state index contributed by atoms with van der Waals surface area (Å²) in [5.41, 5.74) is 7.67. The first kappa shape index (κ1) is 12.9. The van der Waals surface area contributed by atoms with Crippen LogP contribution in [0.5, 0.6) is 0 Å². The Balaban J connectivity index is 2.18. The van der Waals surface area contributed by atoms with Crippen LogP contribution in [-0.4, -0.2) is 28.5 Å². The van der Waals surface area contributed by atoms with Gasteiger partial charge in [0.1, 0.15) is 0 Å². The van der Waals surface area contributed by atoms with Gasteiger partial charge in [-0.05, 0) is 31.9 Å². The molecule has 18 heavy (non-hydrogen) atoms. The average Bonchev–Trinajstić information content (AvgIpc) is 2.41. The third-order valence-corrected chi connectivity index (χ3v) is 3.72. The molecule has 0 aliphatic carbocycles. The summed E-state index contributed by atoms with van der Waals surface area (Å²) in [6, 6.07) is 8.47. The van der Waals surface area contributed by atoms with Crippen LogP contribution < -0.4 is 5.73 Å². The van der Waals surface area contributed by atoms with Crippen molar-refractivity contribution in [3.63, 3.8) is 0 Å². The predicted molar refractivity (Wildman–Crippen MR) is 72.7 cm³/mol. The maximum absolute atomic E-state index is 8.82. The van der Waals surface area contributed by atoms with Gasteiger partial charge in [-0.25, -0.2) is 0 Å². The summed E-state index contributed by atoms with van der Waals surface area (Å²) in [6.07, 6.45) is 3.83. The Morgan fingerprint density at radius 2 is 2.22 bits per heavy atom. The first-order valence-corrected chi connectivity index (χ1v) is 6.52. The van der Waals surface area contributed by atoms with E-state index in [1.54, 1.807) is 0 Å². The van der Waals surface area contributed by atoms with Crippen LogP contribution in [0.1, 0.15) is 37.3 Å². The summed E-state index contributed by atoms with van der Waals surface area (Å²) >= 11 is 0. The van der Waals surface area contributed by atoms with Crippen molar-refractivity contribution in [3.05, 3.63) is 35.4 Å². The quantitative estimate of drug-likeness (QED) is 0.372. The summed E-state index contributed by atoms with van der Waals surface area (Å²) < 4.78 is 0. The number of piperidine rings is 1. The fraction of sp³-hybridized carbons (Fsp3) is 0.500. The van der Waals surface area contributed by atoms with Gasteiger partial charge in [0.05, 0.1) is 0 Å². The van der Waals surface area contributed by atoms with Gasteiger partial charge in [-0.3, -0.25) is 4.90 Å². The third-order valence-electron chi connectivity index (χ3n) is 3.72. The van der Waals surface area contributed by atoms with Crippen molar-refractivity contribution >= 4 is 5.84 Å². The molecule has 1 aliphatic heterocycles. The van der Waals surface area contributed by atoms with Crippen molar-refractivity contribution < 1.29 is 5.21 Å². The van der Waals surface area contributed by atoms with Crippen LogP contribution in [0.4, 0.5) is 0 Å². The highest BCUT2D eigenvalue weighted by atomic mass is 16.4. The number of oxime groups is 1. The zero-order valence-electron chi connectivity index (χ0n) is 10.8. The summed E-state index contributed by atoms with van der Waals surface area (Å²) in [5, 5.41) is 11.9. The molecule has 1 fully saturated rings. The molecule has 0 amide bonds. The fourth-order valence-corrected chi connectivity index (χ4v) is 2.57. The highest BCUT2D eigenvalue weighted by Crippen LogP contribution is 2.20. The molecule has 0 radical (unpaired) electrons. The number of amidine groups is 1. The molecular formula is C14H21N3O. The number of hydrogen-bond donors (Lipinski definition) is 2. The third kappa shape index (κ3) is 2.82. The minimum atomic E-state index is 0.190. The van der Waals surface area contributed by atoms with Crippen LogP contribution in [0.3, 0.4) is 0 Å². The Labute approximate surface area is 108 Å². The molecule has 1 aliphatic rings. The molecule has 0 spiro atoms. The molecule has 1 atom stereocenters. The molecule has 1 unspecified atom stereocenters. The van der Waals surface area contributed by atoms with Crippen molar-refractivity contribution in [2.45, 2.75) is 38.8 Å². The minimum absolute atomic E-state index is 0.190. The lowest BCUT2D eigenvalue weighted by atomic mass is 10.0. The van der Waals surface area contributed by atoms with E-state index >= 15 is 0 Å². The number of likely N-dealkylation sites (tertiary alicyclic amines) is 1. The lowest BCUT2D eigenvalue weighted by Crippen LogP contribution is -2.37. The molecular weight excluding hydrogens is 226 g/mol. The maximum Gasteiger partial charge on any atom is 0.170 e. The Morgan fingerprint density at radius 1 is 1.44 bits per heavy atom. The molecule has 1 aromatic rings. The van der Waals surface area contributed by atoms with E-state index in [0.29, 0.717) is 6.04 Å². The second kappa shape index (κ2) is 5.87. The number of nitrogens with two attached hydrogens (primary N) is 1. The average molecular weight is 247 g/mol. The van der Waals surface area contributed by atoms with Gasteiger partial charge in [0.15, 0.2) is 5.84 Å². The SMILES string of the molecule is CC1CCCCN1Cc1ccccc1/C(N)=N/O. The zero-order chi connectivity index (χ0) is 13.0. The molecule has 98 valence electrons. The standard InChI is InChI=1S/C14H21N3O/c1-11-6-4-5-9-17(11)10-12-7-2-3-8-13(12)14(15)16-18/h2-3,7-8,11,18H,4-6,9-10H2,1H3,(H2,15,16). The van der Waals surface area contributed by atoms with Crippen LogP contribution in [0.25, 0.3) is 0 Å². The van der Waals surface area contributed by atoms with Gasteiger partial charge in [-0.1, -0.05) is 35.8 Å². The van der Waals surface area contributed by atoms with Gasteiger partial charge in [0.25, 0.3) is 0 Å². The summed E-state index contributed by atoms with van der Waals surface area (Å²) in [7, 11) is 0. The Kier molecular flexibility index (Phi) is 4.20. The zero-order valence-corrected chi connectivity index (χ0v) is 10.8. The van der Waals surface area contributed by atoms with E-state index in [-0.39, 0.29) is 5.84 Å². The van der Waals surface area contributed by atoms with E-state index in [2.05, 4.69) is 23.0 Å². The van der Waals surface area contributed by atoms with Gasteiger partial charge >= 0.3 is 0 Å². The molecule has 0 saturated carbocycles. The minimum Gasteiger partial charge on any atom is -0.409 e. The lowest BCUT2D eigenvalue weighted by Gasteiger charge is -2.33. The van der Waals surface area contributed by atoms with Crippen LogP contribution in [0.15, 0.2) is 29.4 Å². The van der Waals surface area contributed by atoms with E-state index < -0.39 is 0 Å². The molecule has 4 nitrogen and oxygen atoms in total. The van der Waals surface area contributed by atoms with Crippen LogP contribution >= 0.6 is 0 Å². The number of benzene rings is 1. The van der Waals surface area contributed by atoms with Gasteiger partial charge in [0.2, 0.25) is 0 Å². The Hall–Kier alpha value is -1.55. The largest absolute Gasteiger partial charge is 0.409 e. The number of nitrogens with zero attached hydrogens (tertiary/aromatic N) is 2. The van der Waals surface area contributed by atoms with Crippen molar-refractivity contribution in [2.75, 3.05) is 6.54 Å². The fourth-order valence-electron chi connectivity index (χ4n) is 2.57. The first-order valence-electron chi connectivity index (χ1n) is 6.52. The molecule has 3 N–H and O–H groups in total. The highest BCUT2D eigenvalue weighted by Gasteiger charge is 2.19. The van der Waals surface area contributed by atoms with Crippen molar-refractivity contribution in [1.82, 2.24) is 4.90 Å². The second-order valence-electron chi connectivity index (χ2n) is 4.96. The van der Waals surface area contributed by atoms with Crippen molar-refractivity contribution in [1.29, 1.82) is 0 Å². The Morgan fingerprint density at radius 3 is 2.94 bits per heavy atom. The maximum atomic E-state index is 8.82. The lowest BCUT2D eigenvalue weighted by molar-refractivity contribution is 0.152. The molecule has 4 heteroatoms. The van der Waals surface area contributed by atoms with E-state index in [9.17, 15) is 0 Å². The van der Waals surface area contributed by atoms with Gasteiger partial charge in [-0.2, -0.15) is 0 Å². The first-order chi connectivity index (χ1) is 8.72. The van der Waals surface area contributed by atoms with Gasteiger partial charge < -0.3 is 10.9 Å². The molecule has 0 aromatic heterocycles. The van der Waals surface area contributed by atoms with Gasteiger partial charge in [0, 0.05) is 18.2 Å². The number of hydrogen-bond acceptors (Lipinski definition) is 3. The van der Waals surface area contributed by atoms with Crippen molar-refractivity contribution in [3.8, 4) is 0 Å². The summed E-state index contributed by atoms with van der Waals surface area (Å²) in [6.45, 7) is 4.27. The van der Waals surface area contributed by atoms with Crippen LogP contribution in [0.2, 0.25) is 0 Å². The molecule has 0 bridgehead atoms. The van der Waals surface area contributed by atoms with E-state index in [1.165, 1.54) is 19.3 Å². The topological polar surface area (TPSA) is 61.8 Å². The molecule has 1 aromatic carbocycles. The monoisotopic (exact) mass is 247 g/mol. The van der Waals surface area contributed by atoms with E-state index in [0.717, 1.165) is 24.2 Å². The van der Waals surface area contributed by atoms with E-state index in [4.69, 9.17) is 10.9 Å². The van der Waals surface area contributed by atoms with E-state index in [1.807, 2.05) is 18.2 Å². The normalized spacial score (nSPS) is 22.1.